The van der Waals surface area contributed by atoms with E-state index < -0.39 is 17.3 Å². The van der Waals surface area contributed by atoms with Crippen LogP contribution in [0, 0.1) is 11.7 Å². The summed E-state index contributed by atoms with van der Waals surface area (Å²) in [7, 11) is 0. The first-order chi connectivity index (χ1) is 17.6. The minimum absolute atomic E-state index is 0.0559. The molecular weight excluding hydrogens is 484 g/mol. The van der Waals surface area contributed by atoms with Gasteiger partial charge in [0.1, 0.15) is 11.4 Å². The number of ether oxygens (including phenoxy) is 1. The number of fused-ring (bicyclic) bond motifs is 1. The summed E-state index contributed by atoms with van der Waals surface area (Å²) in [4.78, 5) is 17.9. The van der Waals surface area contributed by atoms with Crippen LogP contribution in [0.3, 0.4) is 0 Å². The van der Waals surface area contributed by atoms with Crippen molar-refractivity contribution in [1.29, 1.82) is 0 Å². The number of halogens is 4. The zero-order valence-electron chi connectivity index (χ0n) is 21.4. The topological polar surface area (TPSA) is 32.8 Å². The first-order valence-electron chi connectivity index (χ1n) is 13.2. The van der Waals surface area contributed by atoms with Crippen LogP contribution in [-0.4, -0.2) is 47.0 Å². The number of likely N-dealkylation sites (tertiary alicyclic amines) is 1. The number of alkyl halides is 3. The molecule has 4 nitrogen and oxygen atoms in total. The number of amides is 1. The van der Waals surface area contributed by atoms with Crippen molar-refractivity contribution < 1.29 is 27.1 Å². The molecule has 5 rings (SSSR count). The molecule has 0 saturated carbocycles. The van der Waals surface area contributed by atoms with Crippen LogP contribution >= 0.6 is 0 Å². The van der Waals surface area contributed by atoms with Crippen molar-refractivity contribution in [3.8, 4) is 0 Å². The lowest BCUT2D eigenvalue weighted by atomic mass is 9.80. The summed E-state index contributed by atoms with van der Waals surface area (Å²) in [6.07, 6.45) is -0.970. The maximum atomic E-state index is 13.8. The molecule has 0 aromatic heterocycles. The molecule has 2 aromatic carbocycles. The molecule has 3 aliphatic heterocycles. The van der Waals surface area contributed by atoms with Crippen LogP contribution in [0.25, 0.3) is 0 Å². The third-order valence-electron chi connectivity index (χ3n) is 8.61. The minimum Gasteiger partial charge on any atom is -0.363 e. The second-order valence-corrected chi connectivity index (χ2v) is 11.1. The summed E-state index contributed by atoms with van der Waals surface area (Å²) in [5.74, 6) is 0.0280. The fourth-order valence-corrected chi connectivity index (χ4v) is 6.26. The molecular formula is C29H34F4N2O2. The van der Waals surface area contributed by atoms with E-state index in [9.17, 15) is 22.4 Å². The van der Waals surface area contributed by atoms with Gasteiger partial charge in [0.05, 0.1) is 12.2 Å². The average Bonchev–Trinajstić information content (AvgIpc) is 3.32. The predicted octanol–water partition coefficient (Wildman–Crippen LogP) is 6.14. The van der Waals surface area contributed by atoms with Crippen molar-refractivity contribution >= 4 is 5.91 Å². The lowest BCUT2D eigenvalue weighted by Crippen LogP contribution is -2.58. The van der Waals surface area contributed by atoms with E-state index in [2.05, 4.69) is 4.90 Å². The Labute approximate surface area is 215 Å². The van der Waals surface area contributed by atoms with Crippen LogP contribution in [0.15, 0.2) is 42.5 Å². The highest BCUT2D eigenvalue weighted by molar-refractivity contribution is 5.86. The Bertz CT molecular complexity index is 1120. The molecule has 1 amide bonds. The van der Waals surface area contributed by atoms with E-state index in [0.717, 1.165) is 50.0 Å². The third kappa shape index (κ3) is 5.15. The van der Waals surface area contributed by atoms with Gasteiger partial charge in [0.2, 0.25) is 0 Å². The largest absolute Gasteiger partial charge is 0.416 e. The summed E-state index contributed by atoms with van der Waals surface area (Å²) in [5.41, 5.74) is 0.855. The first kappa shape index (κ1) is 26.2. The van der Waals surface area contributed by atoms with Crippen LogP contribution < -0.4 is 0 Å². The number of nitrogens with zero attached hydrogens (tertiary/aromatic N) is 2. The fourth-order valence-electron chi connectivity index (χ4n) is 6.26. The zero-order valence-corrected chi connectivity index (χ0v) is 21.4. The monoisotopic (exact) mass is 518 g/mol. The third-order valence-corrected chi connectivity index (χ3v) is 8.61. The smallest absolute Gasteiger partial charge is 0.363 e. The maximum Gasteiger partial charge on any atom is 0.416 e. The van der Waals surface area contributed by atoms with Crippen molar-refractivity contribution in [1.82, 2.24) is 9.80 Å². The Kier molecular flexibility index (Phi) is 7.09. The van der Waals surface area contributed by atoms with Gasteiger partial charge >= 0.3 is 6.18 Å². The molecule has 3 aliphatic rings. The maximum absolute atomic E-state index is 13.8. The lowest BCUT2D eigenvalue weighted by Gasteiger charge is -2.47. The number of hydrogen-bond acceptors (Lipinski definition) is 3. The molecule has 200 valence electrons. The van der Waals surface area contributed by atoms with Crippen molar-refractivity contribution in [3.63, 3.8) is 0 Å². The number of benzene rings is 2. The normalized spacial score (nSPS) is 25.5. The fraction of sp³-hybridized carbons (Fsp3) is 0.552. The van der Waals surface area contributed by atoms with Crippen LogP contribution in [0.2, 0.25) is 0 Å². The lowest BCUT2D eigenvalue weighted by molar-refractivity contribution is -0.181. The number of carbonyl (C=O) groups excluding carboxylic acids is 1. The van der Waals surface area contributed by atoms with Gasteiger partial charge in [0.25, 0.3) is 5.91 Å². The highest BCUT2D eigenvalue weighted by atomic mass is 19.4. The van der Waals surface area contributed by atoms with E-state index in [1.165, 1.54) is 23.8 Å². The number of hydrogen-bond donors (Lipinski definition) is 0. The molecule has 0 radical (unpaired) electrons. The van der Waals surface area contributed by atoms with Crippen molar-refractivity contribution in [3.05, 3.63) is 70.5 Å². The van der Waals surface area contributed by atoms with E-state index >= 15 is 0 Å². The number of piperidine rings is 1. The van der Waals surface area contributed by atoms with Gasteiger partial charge in [-0.1, -0.05) is 32.0 Å². The van der Waals surface area contributed by atoms with Gasteiger partial charge in [-0.2, -0.15) is 13.2 Å². The van der Waals surface area contributed by atoms with Gasteiger partial charge < -0.3 is 9.64 Å². The molecule has 2 atom stereocenters. The van der Waals surface area contributed by atoms with E-state index in [1.807, 2.05) is 26.0 Å². The van der Waals surface area contributed by atoms with E-state index in [1.54, 1.807) is 4.90 Å². The van der Waals surface area contributed by atoms with Crippen molar-refractivity contribution in [2.24, 2.45) is 5.92 Å². The van der Waals surface area contributed by atoms with Gasteiger partial charge in [0.15, 0.2) is 0 Å². The predicted molar refractivity (Wildman–Crippen MR) is 132 cm³/mol. The van der Waals surface area contributed by atoms with Gasteiger partial charge in [-0.15, -0.1) is 0 Å². The van der Waals surface area contributed by atoms with Gasteiger partial charge in [0, 0.05) is 19.1 Å². The number of rotatable bonds is 4. The Morgan fingerprint density at radius 2 is 1.68 bits per heavy atom. The van der Waals surface area contributed by atoms with Crippen LogP contribution in [-0.2, 0) is 28.8 Å². The quantitative estimate of drug-likeness (QED) is 0.456. The van der Waals surface area contributed by atoms with E-state index in [0.29, 0.717) is 31.1 Å². The summed E-state index contributed by atoms with van der Waals surface area (Å²) >= 11 is 0. The number of carbonyl (C=O) groups is 1. The Morgan fingerprint density at radius 1 is 1.00 bits per heavy atom. The summed E-state index contributed by atoms with van der Waals surface area (Å²) in [6.45, 7) is 6.78. The standard InChI is InChI=1S/C29H34F4N2O2/c1-19(2)28(27(36)35-16-22-3-6-24(29(31,32)33)15-23(22)17-35)12-9-26(18-37-28)34-13-10-21(11-14-34)20-4-7-25(30)8-5-20/h3-8,15,19,21,26H,9-14,16-18H2,1-2H3. The van der Waals surface area contributed by atoms with Crippen LogP contribution in [0.5, 0.6) is 0 Å². The zero-order chi connectivity index (χ0) is 26.4. The molecule has 8 heteroatoms. The highest BCUT2D eigenvalue weighted by Gasteiger charge is 2.49. The summed E-state index contributed by atoms with van der Waals surface area (Å²) in [5, 5.41) is 0. The molecule has 2 saturated heterocycles. The summed E-state index contributed by atoms with van der Waals surface area (Å²) < 4.78 is 59.2. The van der Waals surface area contributed by atoms with E-state index in [4.69, 9.17) is 4.74 Å². The Morgan fingerprint density at radius 3 is 2.27 bits per heavy atom. The van der Waals surface area contributed by atoms with Crippen molar-refractivity contribution in [2.75, 3.05) is 19.7 Å². The molecule has 3 heterocycles. The molecule has 0 spiro atoms. The molecule has 0 N–H and O–H groups in total. The molecule has 2 unspecified atom stereocenters. The molecule has 37 heavy (non-hydrogen) atoms. The second kappa shape index (κ2) is 10.0. The summed E-state index contributed by atoms with van der Waals surface area (Å²) in [6, 6.07) is 10.8. The minimum atomic E-state index is -4.40. The van der Waals surface area contributed by atoms with Gasteiger partial charge in [-0.25, -0.2) is 4.39 Å². The van der Waals surface area contributed by atoms with Gasteiger partial charge in [-0.3, -0.25) is 9.69 Å². The van der Waals surface area contributed by atoms with Crippen molar-refractivity contribution in [2.45, 2.75) is 76.4 Å². The molecule has 0 aliphatic carbocycles. The Hall–Kier alpha value is -2.45. The Balaban J connectivity index is 1.20. The van der Waals surface area contributed by atoms with Crippen LogP contribution in [0.4, 0.5) is 17.6 Å². The molecule has 2 aromatic rings. The van der Waals surface area contributed by atoms with Gasteiger partial charge in [-0.05, 0) is 91.6 Å². The van der Waals surface area contributed by atoms with E-state index in [-0.39, 0.29) is 30.2 Å². The second-order valence-electron chi connectivity index (χ2n) is 11.1. The SMILES string of the molecule is CC(C)C1(C(=O)N2Cc3ccc(C(F)(F)F)cc3C2)CCC(N2CCC(c3ccc(F)cc3)CC2)CO1. The molecule has 0 bridgehead atoms. The molecule has 2 fully saturated rings. The highest BCUT2D eigenvalue weighted by Crippen LogP contribution is 2.40. The average molecular weight is 519 g/mol. The van der Waals surface area contributed by atoms with Crippen LogP contribution in [0.1, 0.15) is 67.7 Å². The first-order valence-corrected chi connectivity index (χ1v) is 13.2.